The molecule has 0 spiro atoms. The van der Waals surface area contributed by atoms with Crippen LogP contribution in [0.5, 0.6) is 5.75 Å². The van der Waals surface area contributed by atoms with Gasteiger partial charge in [-0.25, -0.2) is 4.98 Å². The van der Waals surface area contributed by atoms with Crippen LogP contribution in [0.2, 0.25) is 0 Å². The van der Waals surface area contributed by atoms with Gasteiger partial charge in [0, 0.05) is 30.4 Å². The fourth-order valence-electron chi connectivity index (χ4n) is 1.93. The van der Waals surface area contributed by atoms with Crippen molar-refractivity contribution in [3.8, 4) is 5.75 Å². The summed E-state index contributed by atoms with van der Waals surface area (Å²) in [5.74, 6) is 2.33. The highest BCUT2D eigenvalue weighted by molar-refractivity contribution is 5.44. The second-order valence-corrected chi connectivity index (χ2v) is 4.41. The third-order valence-electron chi connectivity index (χ3n) is 2.84. The van der Waals surface area contributed by atoms with Crippen LogP contribution in [0, 0.1) is 6.92 Å². The molecule has 0 atom stereocenters. The Labute approximate surface area is 119 Å². The molecule has 5 nitrogen and oxygen atoms in total. The molecule has 0 amide bonds. The van der Waals surface area contributed by atoms with Gasteiger partial charge in [-0.2, -0.15) is 4.98 Å². The lowest BCUT2D eigenvalue weighted by molar-refractivity contribution is 0.410. The minimum atomic E-state index is 0.648. The molecule has 1 aromatic heterocycles. The van der Waals surface area contributed by atoms with Crippen LogP contribution in [0.1, 0.15) is 18.2 Å². The number of hydrogen-bond donors (Lipinski definition) is 2. The lowest BCUT2D eigenvalue weighted by Gasteiger charge is -2.11. The maximum absolute atomic E-state index is 5.33. The number of ether oxygens (including phenoxy) is 1. The summed E-state index contributed by atoms with van der Waals surface area (Å²) in [5.41, 5.74) is 2.02. The molecular formula is C15H20N4O. The van der Waals surface area contributed by atoms with E-state index in [-0.39, 0.29) is 0 Å². The monoisotopic (exact) mass is 272 g/mol. The summed E-state index contributed by atoms with van der Waals surface area (Å²) in [4.78, 5) is 8.75. The summed E-state index contributed by atoms with van der Waals surface area (Å²) in [7, 11) is 1.68. The van der Waals surface area contributed by atoms with Gasteiger partial charge in [0.05, 0.1) is 7.11 Å². The number of nitrogens with zero attached hydrogens (tertiary/aromatic N) is 2. The molecule has 1 aromatic carbocycles. The Morgan fingerprint density at radius 2 is 1.95 bits per heavy atom. The summed E-state index contributed by atoms with van der Waals surface area (Å²) >= 11 is 0. The number of nitrogens with one attached hydrogen (secondary N) is 2. The number of hydrogen-bond acceptors (Lipinski definition) is 5. The zero-order valence-corrected chi connectivity index (χ0v) is 12.1. The van der Waals surface area contributed by atoms with Crippen molar-refractivity contribution in [3.63, 3.8) is 0 Å². The molecule has 0 saturated carbocycles. The Hall–Kier alpha value is -2.30. The van der Waals surface area contributed by atoms with Crippen LogP contribution < -0.4 is 15.4 Å². The average molecular weight is 272 g/mol. The van der Waals surface area contributed by atoms with Gasteiger partial charge in [0.1, 0.15) is 11.6 Å². The van der Waals surface area contributed by atoms with Crippen molar-refractivity contribution in [1.82, 2.24) is 9.97 Å². The van der Waals surface area contributed by atoms with Crippen molar-refractivity contribution in [3.05, 3.63) is 41.6 Å². The molecule has 0 bridgehead atoms. The Balaban J connectivity index is 2.10. The van der Waals surface area contributed by atoms with Gasteiger partial charge >= 0.3 is 0 Å². The summed E-state index contributed by atoms with van der Waals surface area (Å²) in [6, 6.07) is 9.86. The molecule has 1 heterocycles. The van der Waals surface area contributed by atoms with E-state index >= 15 is 0 Å². The first-order valence-corrected chi connectivity index (χ1v) is 6.68. The molecule has 2 rings (SSSR count). The molecule has 20 heavy (non-hydrogen) atoms. The van der Waals surface area contributed by atoms with Gasteiger partial charge in [-0.1, -0.05) is 18.2 Å². The van der Waals surface area contributed by atoms with Gasteiger partial charge in [0.25, 0.3) is 0 Å². The highest BCUT2D eigenvalue weighted by atomic mass is 16.5. The van der Waals surface area contributed by atoms with Gasteiger partial charge < -0.3 is 15.4 Å². The number of aromatic nitrogens is 2. The predicted octanol–water partition coefficient (Wildman–Crippen LogP) is 2.84. The first-order valence-electron chi connectivity index (χ1n) is 6.68. The van der Waals surface area contributed by atoms with Crippen molar-refractivity contribution < 1.29 is 4.74 Å². The largest absolute Gasteiger partial charge is 0.496 e. The van der Waals surface area contributed by atoms with E-state index < -0.39 is 0 Å². The van der Waals surface area contributed by atoms with Crippen molar-refractivity contribution in [2.45, 2.75) is 20.4 Å². The second-order valence-electron chi connectivity index (χ2n) is 4.41. The van der Waals surface area contributed by atoms with Crippen molar-refractivity contribution in [1.29, 1.82) is 0 Å². The molecule has 0 saturated heterocycles. The van der Waals surface area contributed by atoms with Crippen LogP contribution in [0.15, 0.2) is 30.3 Å². The highest BCUT2D eigenvalue weighted by Crippen LogP contribution is 2.19. The molecule has 0 fully saturated rings. The first kappa shape index (κ1) is 14.1. The molecule has 0 aliphatic heterocycles. The summed E-state index contributed by atoms with van der Waals surface area (Å²) in [6.45, 7) is 5.44. The van der Waals surface area contributed by atoms with Crippen molar-refractivity contribution in [2.24, 2.45) is 0 Å². The molecule has 5 heteroatoms. The van der Waals surface area contributed by atoms with Gasteiger partial charge in [-0.05, 0) is 19.9 Å². The Morgan fingerprint density at radius 3 is 2.70 bits per heavy atom. The Morgan fingerprint density at radius 1 is 1.15 bits per heavy atom. The van der Waals surface area contributed by atoms with Crippen LogP contribution in [-0.4, -0.2) is 23.6 Å². The molecule has 2 aromatic rings. The maximum Gasteiger partial charge on any atom is 0.224 e. The van der Waals surface area contributed by atoms with E-state index in [4.69, 9.17) is 4.74 Å². The molecule has 2 N–H and O–H groups in total. The number of methoxy groups -OCH3 is 1. The van der Waals surface area contributed by atoms with Crippen LogP contribution in [-0.2, 0) is 6.54 Å². The average Bonchev–Trinajstić information content (AvgIpc) is 2.45. The molecule has 0 aliphatic carbocycles. The maximum atomic E-state index is 5.33. The standard InChI is InChI=1S/C15H20N4O/c1-4-16-15-18-11(2)9-14(19-15)17-10-12-7-5-6-8-13(12)20-3/h5-9H,4,10H2,1-3H3,(H2,16,17,18,19). The van der Waals surface area contributed by atoms with E-state index in [0.717, 1.165) is 29.4 Å². The lowest BCUT2D eigenvalue weighted by Crippen LogP contribution is -2.08. The van der Waals surface area contributed by atoms with Crippen LogP contribution in [0.25, 0.3) is 0 Å². The number of para-hydroxylation sites is 1. The summed E-state index contributed by atoms with van der Waals surface area (Å²) in [6.07, 6.45) is 0. The van der Waals surface area contributed by atoms with E-state index in [0.29, 0.717) is 12.5 Å². The van der Waals surface area contributed by atoms with Crippen molar-refractivity contribution >= 4 is 11.8 Å². The Kier molecular flexibility index (Phi) is 4.76. The smallest absolute Gasteiger partial charge is 0.224 e. The minimum Gasteiger partial charge on any atom is -0.496 e. The second kappa shape index (κ2) is 6.75. The number of anilines is 2. The summed E-state index contributed by atoms with van der Waals surface area (Å²) < 4.78 is 5.33. The summed E-state index contributed by atoms with van der Waals surface area (Å²) in [5, 5.41) is 6.43. The molecule has 106 valence electrons. The third-order valence-corrected chi connectivity index (χ3v) is 2.84. The van der Waals surface area contributed by atoms with Gasteiger partial charge in [0.2, 0.25) is 5.95 Å². The van der Waals surface area contributed by atoms with E-state index in [1.54, 1.807) is 7.11 Å². The molecular weight excluding hydrogens is 252 g/mol. The van der Waals surface area contributed by atoms with Crippen LogP contribution >= 0.6 is 0 Å². The van der Waals surface area contributed by atoms with Crippen molar-refractivity contribution in [2.75, 3.05) is 24.3 Å². The van der Waals surface area contributed by atoms with Crippen LogP contribution in [0.3, 0.4) is 0 Å². The predicted molar refractivity (Wildman–Crippen MR) is 81.3 cm³/mol. The van der Waals surface area contributed by atoms with E-state index in [9.17, 15) is 0 Å². The quantitative estimate of drug-likeness (QED) is 0.846. The van der Waals surface area contributed by atoms with Gasteiger partial charge in [-0.3, -0.25) is 0 Å². The van der Waals surface area contributed by atoms with Gasteiger partial charge in [-0.15, -0.1) is 0 Å². The lowest BCUT2D eigenvalue weighted by atomic mass is 10.2. The minimum absolute atomic E-state index is 0.648. The number of rotatable bonds is 6. The van der Waals surface area contributed by atoms with E-state index in [2.05, 4.69) is 20.6 Å². The third kappa shape index (κ3) is 3.60. The molecule has 0 unspecified atom stereocenters. The highest BCUT2D eigenvalue weighted by Gasteiger charge is 2.04. The molecule has 0 aliphatic rings. The fraction of sp³-hybridized carbons (Fsp3) is 0.333. The van der Waals surface area contributed by atoms with Crippen LogP contribution in [0.4, 0.5) is 11.8 Å². The topological polar surface area (TPSA) is 59.1 Å². The zero-order chi connectivity index (χ0) is 14.4. The number of benzene rings is 1. The molecule has 0 radical (unpaired) electrons. The van der Waals surface area contributed by atoms with E-state index in [1.807, 2.05) is 44.2 Å². The zero-order valence-electron chi connectivity index (χ0n) is 12.1. The number of aryl methyl sites for hydroxylation is 1. The Bertz CT molecular complexity index is 572. The fourth-order valence-corrected chi connectivity index (χ4v) is 1.93. The van der Waals surface area contributed by atoms with E-state index in [1.165, 1.54) is 0 Å². The SMILES string of the molecule is CCNc1nc(C)cc(NCc2ccccc2OC)n1. The van der Waals surface area contributed by atoms with Gasteiger partial charge in [0.15, 0.2) is 0 Å². The first-order chi connectivity index (χ1) is 9.72. The normalized spacial score (nSPS) is 10.2.